The summed E-state index contributed by atoms with van der Waals surface area (Å²) in [5, 5.41) is 9.03. The molecule has 1 amide bonds. The molecule has 0 bridgehead atoms. The van der Waals surface area contributed by atoms with E-state index in [0.29, 0.717) is 24.2 Å². The van der Waals surface area contributed by atoms with Crippen molar-refractivity contribution in [2.45, 2.75) is 32.5 Å². The van der Waals surface area contributed by atoms with Crippen molar-refractivity contribution >= 4 is 5.91 Å². The minimum Gasteiger partial charge on any atom is -0.336 e. The van der Waals surface area contributed by atoms with Crippen LogP contribution >= 0.6 is 0 Å². The highest BCUT2D eigenvalue weighted by Crippen LogP contribution is 2.21. The van der Waals surface area contributed by atoms with Gasteiger partial charge in [-0.3, -0.25) is 9.69 Å². The Morgan fingerprint density at radius 3 is 2.40 bits per heavy atom. The van der Waals surface area contributed by atoms with Gasteiger partial charge in [0.2, 0.25) is 0 Å². The molecule has 3 rings (SSSR count). The van der Waals surface area contributed by atoms with Crippen LogP contribution in [0.15, 0.2) is 54.6 Å². The van der Waals surface area contributed by atoms with Crippen LogP contribution in [0.3, 0.4) is 0 Å². The van der Waals surface area contributed by atoms with Crippen molar-refractivity contribution in [2.24, 2.45) is 0 Å². The van der Waals surface area contributed by atoms with Crippen molar-refractivity contribution in [3.8, 4) is 6.07 Å². The normalized spacial score (nSPS) is 20.9. The highest BCUT2D eigenvalue weighted by Gasteiger charge is 2.32. The van der Waals surface area contributed by atoms with Crippen LogP contribution in [0.4, 0.5) is 0 Å². The van der Waals surface area contributed by atoms with Crippen molar-refractivity contribution in [3.63, 3.8) is 0 Å². The van der Waals surface area contributed by atoms with Crippen molar-refractivity contribution in [1.82, 2.24) is 9.80 Å². The number of hydrogen-bond acceptors (Lipinski definition) is 3. The number of benzene rings is 2. The smallest absolute Gasteiger partial charge is 0.254 e. The van der Waals surface area contributed by atoms with E-state index < -0.39 is 0 Å². The maximum absolute atomic E-state index is 12.8. The predicted molar refractivity (Wildman–Crippen MR) is 98.0 cm³/mol. The van der Waals surface area contributed by atoms with Crippen molar-refractivity contribution in [3.05, 3.63) is 71.3 Å². The summed E-state index contributed by atoms with van der Waals surface area (Å²) in [5.41, 5.74) is 2.41. The SMILES string of the molecule is CC1CN(C(=O)c2cccc(C#N)c2)CC(C)N1Cc1ccccc1. The molecule has 2 atom stereocenters. The lowest BCUT2D eigenvalue weighted by molar-refractivity contribution is 0.0269. The number of amides is 1. The molecule has 1 fully saturated rings. The van der Waals surface area contributed by atoms with Gasteiger partial charge in [0.15, 0.2) is 0 Å². The second kappa shape index (κ2) is 7.50. The number of nitrogens with zero attached hydrogens (tertiary/aromatic N) is 3. The minimum absolute atomic E-state index is 0.00941. The molecule has 2 aromatic carbocycles. The summed E-state index contributed by atoms with van der Waals surface area (Å²) in [5.74, 6) is 0.00941. The lowest BCUT2D eigenvalue weighted by Crippen LogP contribution is -2.57. The van der Waals surface area contributed by atoms with Gasteiger partial charge in [-0.05, 0) is 37.6 Å². The number of carbonyl (C=O) groups excluding carboxylic acids is 1. The summed E-state index contributed by atoms with van der Waals surface area (Å²) in [6.07, 6.45) is 0. The molecule has 0 aromatic heterocycles. The topological polar surface area (TPSA) is 47.3 Å². The molecule has 4 nitrogen and oxygen atoms in total. The fourth-order valence-electron chi connectivity index (χ4n) is 3.53. The lowest BCUT2D eigenvalue weighted by Gasteiger charge is -2.44. The van der Waals surface area contributed by atoms with Crippen molar-refractivity contribution in [1.29, 1.82) is 5.26 Å². The van der Waals surface area contributed by atoms with E-state index in [1.54, 1.807) is 24.3 Å². The molecular weight excluding hydrogens is 310 g/mol. The third kappa shape index (κ3) is 3.89. The standard InChI is InChI=1S/C21H23N3O/c1-16-13-23(21(25)20-10-6-9-19(11-20)12-22)14-17(2)24(16)15-18-7-4-3-5-8-18/h3-11,16-17H,13-15H2,1-2H3. The molecule has 128 valence electrons. The molecule has 4 heteroatoms. The Morgan fingerprint density at radius 2 is 1.76 bits per heavy atom. The molecule has 1 aliphatic rings. The van der Waals surface area contributed by atoms with E-state index >= 15 is 0 Å². The average Bonchev–Trinajstić information content (AvgIpc) is 2.64. The van der Waals surface area contributed by atoms with Gasteiger partial charge in [-0.2, -0.15) is 5.26 Å². The van der Waals surface area contributed by atoms with Crippen LogP contribution < -0.4 is 0 Å². The molecule has 2 aromatic rings. The summed E-state index contributed by atoms with van der Waals surface area (Å²) in [6, 6.07) is 20.1. The Morgan fingerprint density at radius 1 is 1.08 bits per heavy atom. The van der Waals surface area contributed by atoms with Gasteiger partial charge in [-0.25, -0.2) is 0 Å². The van der Waals surface area contributed by atoms with Crippen LogP contribution in [0.2, 0.25) is 0 Å². The highest BCUT2D eigenvalue weighted by atomic mass is 16.2. The zero-order valence-corrected chi connectivity index (χ0v) is 14.7. The third-order valence-electron chi connectivity index (χ3n) is 4.84. The van der Waals surface area contributed by atoms with Crippen LogP contribution in [0.25, 0.3) is 0 Å². The van der Waals surface area contributed by atoms with Crippen molar-refractivity contribution in [2.75, 3.05) is 13.1 Å². The number of carbonyl (C=O) groups is 1. The maximum Gasteiger partial charge on any atom is 0.254 e. The number of rotatable bonds is 3. The van der Waals surface area contributed by atoms with Gasteiger partial charge in [-0.15, -0.1) is 0 Å². The van der Waals surface area contributed by atoms with E-state index in [9.17, 15) is 4.79 Å². The second-order valence-electron chi connectivity index (χ2n) is 6.76. The molecule has 1 heterocycles. The molecule has 0 spiro atoms. The molecule has 2 unspecified atom stereocenters. The van der Waals surface area contributed by atoms with Gasteiger partial charge in [0.1, 0.15) is 0 Å². The van der Waals surface area contributed by atoms with E-state index in [2.05, 4.69) is 49.1 Å². The van der Waals surface area contributed by atoms with Gasteiger partial charge in [-0.1, -0.05) is 36.4 Å². The van der Waals surface area contributed by atoms with Gasteiger partial charge < -0.3 is 4.90 Å². The fraction of sp³-hybridized carbons (Fsp3) is 0.333. The molecule has 0 aliphatic carbocycles. The summed E-state index contributed by atoms with van der Waals surface area (Å²) >= 11 is 0. The van der Waals surface area contributed by atoms with Crippen LogP contribution in [0.5, 0.6) is 0 Å². The largest absolute Gasteiger partial charge is 0.336 e. The van der Waals surface area contributed by atoms with E-state index in [4.69, 9.17) is 5.26 Å². The van der Waals surface area contributed by atoms with Crippen LogP contribution in [-0.4, -0.2) is 40.9 Å². The molecular formula is C21H23N3O. The molecule has 1 saturated heterocycles. The Bertz CT molecular complexity index is 769. The molecule has 0 saturated carbocycles. The first-order chi connectivity index (χ1) is 12.1. The molecule has 0 N–H and O–H groups in total. The van der Waals surface area contributed by atoms with Crippen LogP contribution in [-0.2, 0) is 6.54 Å². The Kier molecular flexibility index (Phi) is 5.16. The number of nitriles is 1. The van der Waals surface area contributed by atoms with E-state index in [-0.39, 0.29) is 18.0 Å². The first kappa shape index (κ1) is 17.2. The number of piperazine rings is 1. The quantitative estimate of drug-likeness (QED) is 0.866. The Balaban J connectivity index is 1.71. The lowest BCUT2D eigenvalue weighted by atomic mass is 10.0. The third-order valence-corrected chi connectivity index (χ3v) is 4.84. The molecule has 25 heavy (non-hydrogen) atoms. The van der Waals surface area contributed by atoms with Crippen molar-refractivity contribution < 1.29 is 4.79 Å². The van der Waals surface area contributed by atoms with E-state index in [0.717, 1.165) is 6.54 Å². The van der Waals surface area contributed by atoms with E-state index in [1.165, 1.54) is 5.56 Å². The van der Waals surface area contributed by atoms with Gasteiger partial charge in [0.05, 0.1) is 11.6 Å². The molecule has 1 aliphatic heterocycles. The Labute approximate surface area is 149 Å². The summed E-state index contributed by atoms with van der Waals surface area (Å²) < 4.78 is 0. The average molecular weight is 333 g/mol. The first-order valence-corrected chi connectivity index (χ1v) is 8.67. The van der Waals surface area contributed by atoms with Crippen LogP contribution in [0.1, 0.15) is 35.3 Å². The first-order valence-electron chi connectivity index (χ1n) is 8.67. The number of hydrogen-bond donors (Lipinski definition) is 0. The highest BCUT2D eigenvalue weighted by molar-refractivity contribution is 5.94. The second-order valence-corrected chi connectivity index (χ2v) is 6.76. The van der Waals surface area contributed by atoms with Gasteiger partial charge in [0, 0.05) is 37.3 Å². The predicted octanol–water partition coefficient (Wildman–Crippen LogP) is 3.29. The van der Waals surface area contributed by atoms with Crippen LogP contribution in [0, 0.1) is 11.3 Å². The minimum atomic E-state index is 0.00941. The monoisotopic (exact) mass is 333 g/mol. The zero-order valence-electron chi connectivity index (χ0n) is 14.7. The zero-order chi connectivity index (χ0) is 17.8. The fourth-order valence-corrected chi connectivity index (χ4v) is 3.53. The van der Waals surface area contributed by atoms with Gasteiger partial charge >= 0.3 is 0 Å². The molecule has 0 radical (unpaired) electrons. The maximum atomic E-state index is 12.8. The summed E-state index contributed by atoms with van der Waals surface area (Å²) in [6.45, 7) is 6.64. The van der Waals surface area contributed by atoms with Gasteiger partial charge in [0.25, 0.3) is 5.91 Å². The Hall–Kier alpha value is -2.64. The van der Waals surface area contributed by atoms with E-state index in [1.807, 2.05) is 11.0 Å². The summed E-state index contributed by atoms with van der Waals surface area (Å²) in [4.78, 5) is 17.2. The summed E-state index contributed by atoms with van der Waals surface area (Å²) in [7, 11) is 0.